The third-order valence-corrected chi connectivity index (χ3v) is 4.39. The zero-order valence-electron chi connectivity index (χ0n) is 13.5. The summed E-state index contributed by atoms with van der Waals surface area (Å²) in [6.07, 6.45) is 0.857. The van der Waals surface area contributed by atoms with Crippen LogP contribution in [0, 0.1) is 12.7 Å². The fourth-order valence-corrected chi connectivity index (χ4v) is 3.23. The number of nitrogens with one attached hydrogen (secondary N) is 1. The van der Waals surface area contributed by atoms with Gasteiger partial charge in [-0.15, -0.1) is 0 Å². The third kappa shape index (κ3) is 2.67. The number of hydrogen-bond acceptors (Lipinski definition) is 6. The molecule has 1 fully saturated rings. The number of rotatable bonds is 4. The monoisotopic (exact) mass is 331 g/mol. The van der Waals surface area contributed by atoms with Crippen molar-refractivity contribution < 1.29 is 13.7 Å². The average molecular weight is 331 g/mol. The van der Waals surface area contributed by atoms with Crippen LogP contribution in [0.5, 0.6) is 0 Å². The topological polar surface area (TPSA) is 80.1 Å². The van der Waals surface area contributed by atoms with Gasteiger partial charge in [-0.1, -0.05) is 11.2 Å². The number of aromatic amines is 1. The minimum atomic E-state index is -0.324. The predicted octanol–water partition coefficient (Wildman–Crippen LogP) is 2.36. The quantitative estimate of drug-likeness (QED) is 0.790. The van der Waals surface area contributed by atoms with E-state index in [0.29, 0.717) is 35.1 Å². The molecular formula is C16H18FN5O2. The summed E-state index contributed by atoms with van der Waals surface area (Å²) in [5, 5.41) is 3.87. The second-order valence-corrected chi connectivity index (χ2v) is 6.04. The first-order chi connectivity index (χ1) is 11.6. The average Bonchev–Trinajstić information content (AvgIpc) is 3.26. The first-order valence-electron chi connectivity index (χ1n) is 7.84. The van der Waals surface area contributed by atoms with Gasteiger partial charge in [0.2, 0.25) is 5.89 Å². The van der Waals surface area contributed by atoms with Crippen molar-refractivity contribution in [2.45, 2.75) is 32.0 Å². The van der Waals surface area contributed by atoms with Crippen LogP contribution in [0.15, 0.2) is 22.7 Å². The molecule has 0 unspecified atom stereocenters. The van der Waals surface area contributed by atoms with Crippen LogP contribution < -0.4 is 0 Å². The second kappa shape index (κ2) is 5.95. The number of aryl methyl sites for hydroxylation is 1. The molecule has 126 valence electrons. The van der Waals surface area contributed by atoms with E-state index in [0.717, 1.165) is 13.0 Å². The zero-order valence-corrected chi connectivity index (χ0v) is 13.5. The fourth-order valence-electron chi connectivity index (χ4n) is 3.23. The van der Waals surface area contributed by atoms with Gasteiger partial charge in [0.1, 0.15) is 11.3 Å². The van der Waals surface area contributed by atoms with Crippen LogP contribution in [0.25, 0.3) is 11.0 Å². The number of halogens is 1. The predicted molar refractivity (Wildman–Crippen MR) is 83.7 cm³/mol. The minimum absolute atomic E-state index is 0.0331. The lowest BCUT2D eigenvalue weighted by Gasteiger charge is -2.19. The minimum Gasteiger partial charge on any atom is -0.380 e. The SMILES string of the molecule is CO[C@H]1C[C@H](c2nc(C)no2)N(Cc2nc3c(F)cccc3[nH]2)C1. The molecular weight excluding hydrogens is 313 g/mol. The molecule has 7 nitrogen and oxygen atoms in total. The summed E-state index contributed by atoms with van der Waals surface area (Å²) in [6, 6.07) is 4.86. The molecule has 1 aromatic carbocycles. The zero-order chi connectivity index (χ0) is 16.7. The molecule has 1 aliphatic heterocycles. The van der Waals surface area contributed by atoms with E-state index in [9.17, 15) is 4.39 Å². The van der Waals surface area contributed by atoms with Gasteiger partial charge >= 0.3 is 0 Å². The van der Waals surface area contributed by atoms with Crippen molar-refractivity contribution in [3.8, 4) is 0 Å². The number of imidazole rings is 1. The summed E-state index contributed by atoms with van der Waals surface area (Å²) >= 11 is 0. The van der Waals surface area contributed by atoms with Crippen LogP contribution in [-0.4, -0.2) is 44.8 Å². The molecule has 2 aromatic heterocycles. The normalized spacial score (nSPS) is 21.8. The molecule has 8 heteroatoms. The Morgan fingerprint density at radius 3 is 3.00 bits per heavy atom. The van der Waals surface area contributed by atoms with Gasteiger partial charge in [-0.3, -0.25) is 4.90 Å². The highest BCUT2D eigenvalue weighted by molar-refractivity contribution is 5.75. The lowest BCUT2D eigenvalue weighted by molar-refractivity contribution is 0.107. The van der Waals surface area contributed by atoms with Crippen molar-refractivity contribution in [1.29, 1.82) is 0 Å². The number of methoxy groups -OCH3 is 1. The highest BCUT2D eigenvalue weighted by Gasteiger charge is 2.37. The van der Waals surface area contributed by atoms with Crippen LogP contribution >= 0.6 is 0 Å². The summed E-state index contributed by atoms with van der Waals surface area (Å²) in [7, 11) is 1.70. The molecule has 0 aliphatic carbocycles. The summed E-state index contributed by atoms with van der Waals surface area (Å²) < 4.78 is 24.7. The number of aromatic nitrogens is 4. The Kier molecular flexibility index (Phi) is 3.78. The Labute approximate surface area is 137 Å². The highest BCUT2D eigenvalue weighted by atomic mass is 19.1. The Hall–Kier alpha value is -2.32. The van der Waals surface area contributed by atoms with Crippen LogP contribution in [0.3, 0.4) is 0 Å². The van der Waals surface area contributed by atoms with E-state index in [-0.39, 0.29) is 18.0 Å². The summed E-state index contributed by atoms with van der Waals surface area (Å²) in [5.41, 5.74) is 1.05. The highest BCUT2D eigenvalue weighted by Crippen LogP contribution is 2.33. The number of likely N-dealkylation sites (tertiary alicyclic amines) is 1. The largest absolute Gasteiger partial charge is 0.380 e. The van der Waals surface area contributed by atoms with Gasteiger partial charge in [-0.2, -0.15) is 4.98 Å². The lowest BCUT2D eigenvalue weighted by Crippen LogP contribution is -2.25. The van der Waals surface area contributed by atoms with Crippen molar-refractivity contribution in [1.82, 2.24) is 25.0 Å². The number of fused-ring (bicyclic) bond motifs is 1. The molecule has 2 atom stereocenters. The number of nitrogens with zero attached hydrogens (tertiary/aromatic N) is 4. The second-order valence-electron chi connectivity index (χ2n) is 6.04. The molecule has 1 N–H and O–H groups in total. The maximum absolute atomic E-state index is 13.8. The standard InChI is InChI=1S/C16H18FN5O2/c1-9-18-16(24-21-9)13-6-10(23-2)7-22(13)8-14-19-12-5-3-4-11(17)15(12)20-14/h3-5,10,13H,6-8H2,1-2H3,(H,19,20)/t10-,13+/m0/s1. The van der Waals surface area contributed by atoms with E-state index in [4.69, 9.17) is 9.26 Å². The van der Waals surface area contributed by atoms with Crippen molar-refractivity contribution in [2.75, 3.05) is 13.7 Å². The van der Waals surface area contributed by atoms with E-state index in [2.05, 4.69) is 25.0 Å². The van der Waals surface area contributed by atoms with E-state index in [1.54, 1.807) is 20.1 Å². The molecule has 4 rings (SSSR count). The third-order valence-electron chi connectivity index (χ3n) is 4.39. The van der Waals surface area contributed by atoms with Crippen molar-refractivity contribution >= 4 is 11.0 Å². The molecule has 0 amide bonds. The number of para-hydroxylation sites is 1. The fraction of sp³-hybridized carbons (Fsp3) is 0.438. The first kappa shape index (κ1) is 15.2. The molecule has 24 heavy (non-hydrogen) atoms. The number of hydrogen-bond donors (Lipinski definition) is 1. The van der Waals surface area contributed by atoms with Crippen molar-refractivity contribution in [3.63, 3.8) is 0 Å². The maximum Gasteiger partial charge on any atom is 0.244 e. The van der Waals surface area contributed by atoms with Crippen LogP contribution in [0.4, 0.5) is 4.39 Å². The van der Waals surface area contributed by atoms with E-state index >= 15 is 0 Å². The van der Waals surface area contributed by atoms with E-state index in [1.165, 1.54) is 6.07 Å². The first-order valence-corrected chi connectivity index (χ1v) is 7.84. The van der Waals surface area contributed by atoms with Gasteiger partial charge < -0.3 is 14.2 Å². The van der Waals surface area contributed by atoms with Gasteiger partial charge in [-0.25, -0.2) is 9.37 Å². The summed E-state index contributed by atoms with van der Waals surface area (Å²) in [6.45, 7) is 3.05. The smallest absolute Gasteiger partial charge is 0.244 e. The van der Waals surface area contributed by atoms with Crippen molar-refractivity contribution in [2.24, 2.45) is 0 Å². The molecule has 0 radical (unpaired) electrons. The molecule has 1 saturated heterocycles. The van der Waals surface area contributed by atoms with Gasteiger partial charge in [0.25, 0.3) is 0 Å². The Bertz CT molecular complexity index is 861. The van der Waals surface area contributed by atoms with Gasteiger partial charge in [-0.05, 0) is 25.5 Å². The van der Waals surface area contributed by atoms with Gasteiger partial charge in [0.05, 0.1) is 24.2 Å². The van der Waals surface area contributed by atoms with Gasteiger partial charge in [0, 0.05) is 13.7 Å². The summed E-state index contributed by atoms with van der Waals surface area (Å²) in [5.74, 6) is 1.56. The van der Waals surface area contributed by atoms with Crippen LogP contribution in [0.1, 0.15) is 30.0 Å². The van der Waals surface area contributed by atoms with E-state index < -0.39 is 0 Å². The molecule has 3 heterocycles. The van der Waals surface area contributed by atoms with Crippen LogP contribution in [0.2, 0.25) is 0 Å². The molecule has 0 saturated carbocycles. The molecule has 0 bridgehead atoms. The summed E-state index contributed by atoms with van der Waals surface area (Å²) in [4.78, 5) is 14.1. The van der Waals surface area contributed by atoms with E-state index in [1.807, 2.05) is 6.07 Å². The number of ether oxygens (including phenoxy) is 1. The van der Waals surface area contributed by atoms with Crippen LogP contribution in [-0.2, 0) is 11.3 Å². The molecule has 0 spiro atoms. The van der Waals surface area contributed by atoms with Gasteiger partial charge in [0.15, 0.2) is 11.6 Å². The maximum atomic E-state index is 13.8. The molecule has 3 aromatic rings. The Morgan fingerprint density at radius 1 is 1.42 bits per heavy atom. The lowest BCUT2D eigenvalue weighted by atomic mass is 10.2. The Balaban J connectivity index is 1.61. The number of H-pyrrole nitrogens is 1. The van der Waals surface area contributed by atoms with Crippen molar-refractivity contribution in [3.05, 3.63) is 41.6 Å². The Morgan fingerprint density at radius 2 is 2.29 bits per heavy atom. The number of benzene rings is 1. The molecule has 1 aliphatic rings.